The van der Waals surface area contributed by atoms with E-state index in [0.29, 0.717) is 5.57 Å². The molecule has 0 aromatic carbocycles. The first kappa shape index (κ1) is 15.6. The normalized spacial score (nSPS) is 35.2. The molecule has 5 heteroatoms. The number of ketones is 2. The van der Waals surface area contributed by atoms with Gasteiger partial charge in [0.05, 0.1) is 25.0 Å². The van der Waals surface area contributed by atoms with E-state index in [1.807, 2.05) is 0 Å². The minimum Gasteiger partial charge on any atom is -0.469 e. The number of carbonyl (C=O) groups is 3. The van der Waals surface area contributed by atoms with Crippen LogP contribution in [0.15, 0.2) is 23.8 Å². The molecule has 4 atom stereocenters. The van der Waals surface area contributed by atoms with E-state index in [4.69, 9.17) is 9.47 Å². The standard InChI is InChI=1S/C16H20O5/c1-9-7-11(17)16(2)12(20-3)6-5-10(8-13(18)21-4)14(16)15(9)19/h5-7,10,12,14H,8H2,1-4H3/t10-,12+,14-,16-/m1/s1. The highest BCUT2D eigenvalue weighted by Crippen LogP contribution is 2.48. The molecule has 0 aromatic heterocycles. The highest BCUT2D eigenvalue weighted by molar-refractivity contribution is 6.13. The highest BCUT2D eigenvalue weighted by Gasteiger charge is 2.56. The summed E-state index contributed by atoms with van der Waals surface area (Å²) in [7, 11) is 2.83. The van der Waals surface area contributed by atoms with Gasteiger partial charge in [-0.3, -0.25) is 14.4 Å². The summed E-state index contributed by atoms with van der Waals surface area (Å²) < 4.78 is 10.1. The monoisotopic (exact) mass is 292 g/mol. The van der Waals surface area contributed by atoms with Gasteiger partial charge in [-0.25, -0.2) is 0 Å². The van der Waals surface area contributed by atoms with Crippen LogP contribution >= 0.6 is 0 Å². The summed E-state index contributed by atoms with van der Waals surface area (Å²) in [5.41, 5.74) is -0.541. The molecule has 0 aliphatic heterocycles. The van der Waals surface area contributed by atoms with Gasteiger partial charge in [0.1, 0.15) is 0 Å². The second-order valence-corrected chi connectivity index (χ2v) is 5.80. The van der Waals surface area contributed by atoms with Crippen LogP contribution in [0.25, 0.3) is 0 Å². The molecule has 0 heterocycles. The molecule has 0 saturated heterocycles. The van der Waals surface area contributed by atoms with Crippen molar-refractivity contribution in [1.29, 1.82) is 0 Å². The number of ether oxygens (including phenoxy) is 2. The number of methoxy groups -OCH3 is 2. The third-order valence-corrected chi connectivity index (χ3v) is 4.63. The van der Waals surface area contributed by atoms with E-state index < -0.39 is 23.4 Å². The van der Waals surface area contributed by atoms with Crippen LogP contribution < -0.4 is 0 Å². The van der Waals surface area contributed by atoms with Gasteiger partial charge in [-0.05, 0) is 31.4 Å². The maximum atomic E-state index is 12.6. The molecule has 0 fully saturated rings. The van der Waals surface area contributed by atoms with E-state index >= 15 is 0 Å². The Morgan fingerprint density at radius 1 is 1.29 bits per heavy atom. The Morgan fingerprint density at radius 3 is 2.52 bits per heavy atom. The summed E-state index contributed by atoms with van der Waals surface area (Å²) in [6.45, 7) is 3.37. The van der Waals surface area contributed by atoms with Crippen molar-refractivity contribution in [3.05, 3.63) is 23.8 Å². The largest absolute Gasteiger partial charge is 0.469 e. The third kappa shape index (κ3) is 2.35. The Morgan fingerprint density at radius 2 is 1.95 bits per heavy atom. The molecule has 0 unspecified atom stereocenters. The summed E-state index contributed by atoms with van der Waals surface area (Å²) in [6.07, 6.45) is 4.55. The fourth-order valence-electron chi connectivity index (χ4n) is 3.39. The maximum absolute atomic E-state index is 12.6. The first-order valence-electron chi connectivity index (χ1n) is 6.91. The summed E-state index contributed by atoms with van der Waals surface area (Å²) >= 11 is 0. The lowest BCUT2D eigenvalue weighted by atomic mass is 9.56. The first-order chi connectivity index (χ1) is 9.86. The number of allylic oxidation sites excluding steroid dienone is 3. The fraction of sp³-hybridized carbons (Fsp3) is 0.562. The fourth-order valence-corrected chi connectivity index (χ4v) is 3.39. The van der Waals surface area contributed by atoms with E-state index in [-0.39, 0.29) is 23.9 Å². The molecule has 21 heavy (non-hydrogen) atoms. The summed E-state index contributed by atoms with van der Waals surface area (Å²) in [5, 5.41) is 0. The van der Waals surface area contributed by atoms with Crippen molar-refractivity contribution in [3.63, 3.8) is 0 Å². The number of hydrogen-bond acceptors (Lipinski definition) is 5. The van der Waals surface area contributed by atoms with Crippen LogP contribution in [0.4, 0.5) is 0 Å². The lowest BCUT2D eigenvalue weighted by Crippen LogP contribution is -2.55. The molecule has 0 N–H and O–H groups in total. The van der Waals surface area contributed by atoms with Gasteiger partial charge in [0.2, 0.25) is 0 Å². The van der Waals surface area contributed by atoms with Crippen molar-refractivity contribution in [2.45, 2.75) is 26.4 Å². The number of rotatable bonds is 3. The van der Waals surface area contributed by atoms with Gasteiger partial charge in [0.25, 0.3) is 0 Å². The van der Waals surface area contributed by atoms with Crippen LogP contribution in [-0.4, -0.2) is 37.9 Å². The zero-order valence-corrected chi connectivity index (χ0v) is 12.7. The quantitative estimate of drug-likeness (QED) is 0.582. The smallest absolute Gasteiger partial charge is 0.306 e. The van der Waals surface area contributed by atoms with E-state index in [0.717, 1.165) is 0 Å². The second kappa shape index (κ2) is 5.56. The summed E-state index contributed by atoms with van der Waals surface area (Å²) in [5.74, 6) is -1.57. The summed E-state index contributed by atoms with van der Waals surface area (Å²) in [4.78, 5) is 36.7. The van der Waals surface area contributed by atoms with Crippen LogP contribution in [-0.2, 0) is 23.9 Å². The molecular formula is C16H20O5. The van der Waals surface area contributed by atoms with Crippen molar-refractivity contribution < 1.29 is 23.9 Å². The lowest BCUT2D eigenvalue weighted by Gasteiger charge is -2.46. The topological polar surface area (TPSA) is 69.7 Å². The average molecular weight is 292 g/mol. The molecule has 0 saturated carbocycles. The van der Waals surface area contributed by atoms with Crippen LogP contribution in [0, 0.1) is 17.3 Å². The van der Waals surface area contributed by atoms with Crippen LogP contribution in [0.5, 0.6) is 0 Å². The Balaban J connectivity index is 2.49. The van der Waals surface area contributed by atoms with Crippen LogP contribution in [0.1, 0.15) is 20.3 Å². The van der Waals surface area contributed by atoms with Gasteiger partial charge in [0.15, 0.2) is 11.6 Å². The van der Waals surface area contributed by atoms with Crippen molar-refractivity contribution in [2.75, 3.05) is 14.2 Å². The Hall–Kier alpha value is -1.75. The molecule has 114 valence electrons. The van der Waals surface area contributed by atoms with Gasteiger partial charge in [-0.15, -0.1) is 0 Å². The molecule has 2 aliphatic rings. The summed E-state index contributed by atoms with van der Waals surface area (Å²) in [6, 6.07) is 0. The lowest BCUT2D eigenvalue weighted by molar-refractivity contribution is -0.150. The van der Waals surface area contributed by atoms with Gasteiger partial charge in [-0.2, -0.15) is 0 Å². The first-order valence-corrected chi connectivity index (χ1v) is 6.91. The van der Waals surface area contributed by atoms with Gasteiger partial charge in [-0.1, -0.05) is 12.2 Å². The minimum absolute atomic E-state index is 0.0794. The predicted octanol–water partition coefficient (Wildman–Crippen LogP) is 1.47. The maximum Gasteiger partial charge on any atom is 0.306 e. The Bertz CT molecular complexity index is 545. The SMILES string of the molecule is COC(=O)C[C@H]1C=C[C@H](OC)[C@@]2(C)C(=O)C=C(C)C(=O)[C@@H]12. The molecule has 0 radical (unpaired) electrons. The zero-order valence-electron chi connectivity index (χ0n) is 12.7. The zero-order chi connectivity index (χ0) is 15.8. The van der Waals surface area contributed by atoms with Crippen LogP contribution in [0.2, 0.25) is 0 Å². The number of Topliss-reactive ketones (excluding diaryl/α,β-unsaturated/α-hetero) is 1. The molecule has 2 aliphatic carbocycles. The molecule has 0 bridgehead atoms. The van der Waals surface area contributed by atoms with Crippen LogP contribution in [0.3, 0.4) is 0 Å². The van der Waals surface area contributed by atoms with E-state index in [9.17, 15) is 14.4 Å². The Labute approximate surface area is 124 Å². The minimum atomic E-state index is -0.973. The van der Waals surface area contributed by atoms with Gasteiger partial charge < -0.3 is 9.47 Å². The number of fused-ring (bicyclic) bond motifs is 1. The van der Waals surface area contributed by atoms with Crippen molar-refractivity contribution in [2.24, 2.45) is 17.3 Å². The number of carbonyl (C=O) groups excluding carboxylic acids is 3. The highest BCUT2D eigenvalue weighted by atomic mass is 16.5. The van der Waals surface area contributed by atoms with Crippen molar-refractivity contribution in [1.82, 2.24) is 0 Å². The molecule has 2 rings (SSSR count). The Kier molecular flexibility index (Phi) is 4.14. The van der Waals surface area contributed by atoms with Gasteiger partial charge >= 0.3 is 5.97 Å². The molecular weight excluding hydrogens is 272 g/mol. The number of hydrogen-bond donors (Lipinski definition) is 0. The molecule has 0 aromatic rings. The molecule has 5 nitrogen and oxygen atoms in total. The third-order valence-electron chi connectivity index (χ3n) is 4.63. The second-order valence-electron chi connectivity index (χ2n) is 5.80. The van der Waals surface area contributed by atoms with E-state index in [1.54, 1.807) is 26.0 Å². The average Bonchev–Trinajstić information content (AvgIpc) is 2.45. The molecule has 0 amide bonds. The number of esters is 1. The predicted molar refractivity (Wildman–Crippen MR) is 75.4 cm³/mol. The van der Waals surface area contributed by atoms with Crippen molar-refractivity contribution >= 4 is 17.5 Å². The van der Waals surface area contributed by atoms with E-state index in [1.165, 1.54) is 20.3 Å². The van der Waals surface area contributed by atoms with Crippen molar-refractivity contribution in [3.8, 4) is 0 Å². The van der Waals surface area contributed by atoms with E-state index in [2.05, 4.69) is 0 Å². The molecule has 0 spiro atoms. The van der Waals surface area contributed by atoms with Gasteiger partial charge in [0, 0.05) is 13.0 Å².